The van der Waals surface area contributed by atoms with E-state index >= 15 is 0 Å². The number of piperidine rings is 1. The van der Waals surface area contributed by atoms with Crippen molar-refractivity contribution in [3.63, 3.8) is 0 Å². The summed E-state index contributed by atoms with van der Waals surface area (Å²) in [7, 11) is 1.93. The Morgan fingerprint density at radius 1 is 1.10 bits per heavy atom. The Balaban J connectivity index is 1.95. The Hall–Kier alpha value is -1.23. The highest BCUT2D eigenvalue weighted by molar-refractivity contribution is 5.58. The van der Waals surface area contributed by atoms with Gasteiger partial charge in [-0.1, -0.05) is 12.1 Å². The van der Waals surface area contributed by atoms with E-state index in [1.54, 1.807) is 12.1 Å². The van der Waals surface area contributed by atoms with Gasteiger partial charge < -0.3 is 10.2 Å². The number of nitrogens with one attached hydrogen (secondary N) is 1. The van der Waals surface area contributed by atoms with Crippen LogP contribution in [0, 0.1) is 0 Å². The van der Waals surface area contributed by atoms with Crippen LogP contribution in [0.5, 0.6) is 0 Å². The van der Waals surface area contributed by atoms with Crippen LogP contribution in [-0.4, -0.2) is 25.2 Å². The molecule has 2 saturated heterocycles. The van der Waals surface area contributed by atoms with E-state index in [4.69, 9.17) is 0 Å². The van der Waals surface area contributed by atoms with Gasteiger partial charge in [0.05, 0.1) is 5.56 Å². The predicted molar refractivity (Wildman–Crippen MR) is 72.8 cm³/mol. The average Bonchev–Trinajstić information content (AvgIpc) is 2.68. The van der Waals surface area contributed by atoms with Gasteiger partial charge in [-0.05, 0) is 44.9 Å². The van der Waals surface area contributed by atoms with Crippen molar-refractivity contribution in [1.29, 1.82) is 0 Å². The van der Waals surface area contributed by atoms with Crippen molar-refractivity contribution in [2.75, 3.05) is 11.9 Å². The van der Waals surface area contributed by atoms with Gasteiger partial charge in [0, 0.05) is 23.8 Å². The van der Waals surface area contributed by atoms with E-state index in [0.717, 1.165) is 25.7 Å². The molecule has 2 aliphatic rings. The zero-order valence-corrected chi connectivity index (χ0v) is 11.5. The van der Waals surface area contributed by atoms with Crippen molar-refractivity contribution < 1.29 is 13.2 Å². The number of hydrogen-bond donors (Lipinski definition) is 1. The molecule has 110 valence electrons. The molecule has 1 aromatic carbocycles. The molecule has 2 nitrogen and oxygen atoms in total. The highest BCUT2D eigenvalue weighted by Gasteiger charge is 2.43. The fourth-order valence-corrected chi connectivity index (χ4v) is 3.74. The second-order valence-electron chi connectivity index (χ2n) is 5.76. The Kier molecular flexibility index (Phi) is 3.40. The smallest absolute Gasteiger partial charge is 0.365 e. The maximum absolute atomic E-state index is 13.2. The molecule has 0 aromatic heterocycles. The number of fused-ring (bicyclic) bond motifs is 2. The maximum atomic E-state index is 13.2. The third-order valence-corrected chi connectivity index (χ3v) is 4.63. The monoisotopic (exact) mass is 284 g/mol. The van der Waals surface area contributed by atoms with E-state index in [1.165, 1.54) is 12.1 Å². The van der Waals surface area contributed by atoms with E-state index in [0.29, 0.717) is 11.7 Å². The van der Waals surface area contributed by atoms with Gasteiger partial charge in [0.2, 0.25) is 0 Å². The van der Waals surface area contributed by atoms with Gasteiger partial charge in [-0.15, -0.1) is 0 Å². The highest BCUT2D eigenvalue weighted by atomic mass is 19.4. The van der Waals surface area contributed by atoms with Crippen LogP contribution < -0.4 is 10.2 Å². The number of benzene rings is 1. The number of hydrogen-bond acceptors (Lipinski definition) is 2. The molecule has 2 aliphatic heterocycles. The van der Waals surface area contributed by atoms with Crippen LogP contribution in [0.3, 0.4) is 0 Å². The molecule has 1 N–H and O–H groups in total. The first kappa shape index (κ1) is 13.7. The summed E-state index contributed by atoms with van der Waals surface area (Å²) in [6, 6.07) is 6.88. The topological polar surface area (TPSA) is 15.3 Å². The minimum Gasteiger partial charge on any atom is -0.365 e. The van der Waals surface area contributed by atoms with Gasteiger partial charge in [-0.25, -0.2) is 0 Å². The molecule has 0 saturated carbocycles. The van der Waals surface area contributed by atoms with E-state index in [9.17, 15) is 13.2 Å². The minimum atomic E-state index is -4.28. The molecule has 0 aliphatic carbocycles. The molecule has 5 heteroatoms. The van der Waals surface area contributed by atoms with E-state index in [1.807, 2.05) is 11.9 Å². The molecular formula is C15H19F3N2. The molecule has 2 unspecified atom stereocenters. The Morgan fingerprint density at radius 3 is 2.25 bits per heavy atom. The number of nitrogens with zero attached hydrogens (tertiary/aromatic N) is 1. The van der Waals surface area contributed by atoms with Gasteiger partial charge in [-0.2, -0.15) is 13.2 Å². The van der Waals surface area contributed by atoms with Crippen LogP contribution in [0.25, 0.3) is 0 Å². The number of halogens is 3. The Labute approximate surface area is 117 Å². The van der Waals surface area contributed by atoms with E-state index in [2.05, 4.69) is 5.32 Å². The van der Waals surface area contributed by atoms with Crippen LogP contribution in [-0.2, 0) is 6.18 Å². The summed E-state index contributed by atoms with van der Waals surface area (Å²) < 4.78 is 39.5. The summed E-state index contributed by atoms with van der Waals surface area (Å²) in [6.45, 7) is 0. The summed E-state index contributed by atoms with van der Waals surface area (Å²) in [5.74, 6) is 0. The summed E-state index contributed by atoms with van der Waals surface area (Å²) in [6.07, 6.45) is -0.432. The van der Waals surface area contributed by atoms with Gasteiger partial charge in [0.25, 0.3) is 0 Å². The second kappa shape index (κ2) is 4.95. The van der Waals surface area contributed by atoms with Crippen molar-refractivity contribution >= 4 is 5.69 Å². The van der Waals surface area contributed by atoms with Crippen LogP contribution in [0.4, 0.5) is 18.9 Å². The quantitative estimate of drug-likeness (QED) is 0.895. The van der Waals surface area contributed by atoms with Crippen LogP contribution in [0.2, 0.25) is 0 Å². The van der Waals surface area contributed by atoms with Crippen molar-refractivity contribution in [2.45, 2.75) is 50.0 Å². The largest absolute Gasteiger partial charge is 0.418 e. The SMILES string of the molecule is CNC1CC2CCC(C1)N2c1ccccc1C(F)(F)F. The lowest BCUT2D eigenvalue weighted by Gasteiger charge is -2.41. The Bertz CT molecular complexity index is 472. The summed E-state index contributed by atoms with van der Waals surface area (Å²) >= 11 is 0. The third kappa shape index (κ3) is 2.28. The molecule has 2 fully saturated rings. The molecule has 2 bridgehead atoms. The normalized spacial score (nSPS) is 29.8. The number of rotatable bonds is 2. The maximum Gasteiger partial charge on any atom is 0.418 e. The van der Waals surface area contributed by atoms with Crippen LogP contribution in [0.15, 0.2) is 24.3 Å². The molecule has 2 heterocycles. The number of para-hydroxylation sites is 1. The second-order valence-corrected chi connectivity index (χ2v) is 5.76. The molecule has 20 heavy (non-hydrogen) atoms. The van der Waals surface area contributed by atoms with Crippen molar-refractivity contribution in [3.05, 3.63) is 29.8 Å². The molecule has 0 spiro atoms. The number of anilines is 1. The fourth-order valence-electron chi connectivity index (χ4n) is 3.74. The van der Waals surface area contributed by atoms with Gasteiger partial charge in [0.15, 0.2) is 0 Å². The van der Waals surface area contributed by atoms with Crippen LogP contribution >= 0.6 is 0 Å². The standard InChI is InChI=1S/C15H19F3N2/c1-19-10-8-11-6-7-12(9-10)20(11)14-5-3-2-4-13(14)15(16,17)18/h2-5,10-12,19H,6-9H2,1H3. The van der Waals surface area contributed by atoms with Gasteiger partial charge >= 0.3 is 6.18 Å². The predicted octanol–water partition coefficient (Wildman–Crippen LogP) is 3.42. The van der Waals surface area contributed by atoms with Crippen molar-refractivity contribution in [3.8, 4) is 0 Å². The summed E-state index contributed by atoms with van der Waals surface area (Å²) in [5.41, 5.74) is -0.137. The number of alkyl halides is 3. The van der Waals surface area contributed by atoms with E-state index < -0.39 is 11.7 Å². The summed E-state index contributed by atoms with van der Waals surface area (Å²) in [4.78, 5) is 2.02. The minimum absolute atomic E-state index is 0.231. The first-order chi connectivity index (χ1) is 9.50. The van der Waals surface area contributed by atoms with Gasteiger partial charge in [0.1, 0.15) is 0 Å². The average molecular weight is 284 g/mol. The first-order valence-corrected chi connectivity index (χ1v) is 7.12. The molecule has 2 atom stereocenters. The third-order valence-electron chi connectivity index (χ3n) is 4.63. The van der Waals surface area contributed by atoms with Gasteiger partial charge in [-0.3, -0.25) is 0 Å². The molecule has 3 rings (SSSR count). The van der Waals surface area contributed by atoms with E-state index in [-0.39, 0.29) is 12.1 Å². The van der Waals surface area contributed by atoms with Crippen LogP contribution in [0.1, 0.15) is 31.2 Å². The lowest BCUT2D eigenvalue weighted by atomic mass is 9.95. The lowest BCUT2D eigenvalue weighted by molar-refractivity contribution is -0.137. The molecule has 0 radical (unpaired) electrons. The summed E-state index contributed by atoms with van der Waals surface area (Å²) in [5, 5.41) is 3.27. The molecule has 0 amide bonds. The first-order valence-electron chi connectivity index (χ1n) is 7.12. The highest BCUT2D eigenvalue weighted by Crippen LogP contribution is 2.44. The fraction of sp³-hybridized carbons (Fsp3) is 0.600. The lowest BCUT2D eigenvalue weighted by Crippen LogP contribution is -2.49. The molecule has 1 aromatic rings. The van der Waals surface area contributed by atoms with Crippen molar-refractivity contribution in [1.82, 2.24) is 5.32 Å². The molecular weight excluding hydrogens is 265 g/mol. The zero-order chi connectivity index (χ0) is 14.3. The Morgan fingerprint density at radius 2 is 1.70 bits per heavy atom. The zero-order valence-electron chi connectivity index (χ0n) is 11.5. The van der Waals surface area contributed by atoms with Crippen molar-refractivity contribution in [2.24, 2.45) is 0 Å².